The van der Waals surface area contributed by atoms with E-state index in [9.17, 15) is 0 Å². The van der Waals surface area contributed by atoms with Crippen LogP contribution < -0.4 is 10.1 Å². The number of likely N-dealkylation sites (tertiary alicyclic amines) is 1. The standard InChI is InChI=1S/C17H26N2O/c1-13(2)14-6-9-19(10-7-14)12-15-4-3-5-16-17(15)20-11-8-18-16/h3-5,13-14,18H,6-12H2,1-2H3. The lowest BCUT2D eigenvalue weighted by Crippen LogP contribution is -2.35. The van der Waals surface area contributed by atoms with E-state index in [-0.39, 0.29) is 0 Å². The van der Waals surface area contributed by atoms with Crippen molar-refractivity contribution in [3.8, 4) is 5.75 Å². The Kier molecular flexibility index (Phi) is 4.16. The summed E-state index contributed by atoms with van der Waals surface area (Å²) in [5.74, 6) is 2.81. The van der Waals surface area contributed by atoms with Gasteiger partial charge in [0.15, 0.2) is 0 Å². The van der Waals surface area contributed by atoms with E-state index >= 15 is 0 Å². The number of hydrogen-bond donors (Lipinski definition) is 1. The molecule has 1 saturated heterocycles. The minimum Gasteiger partial charge on any atom is -0.489 e. The number of piperidine rings is 1. The minimum absolute atomic E-state index is 0.777. The first kappa shape index (κ1) is 13.7. The molecule has 2 aliphatic rings. The summed E-state index contributed by atoms with van der Waals surface area (Å²) in [6, 6.07) is 6.46. The number of nitrogens with one attached hydrogen (secondary N) is 1. The molecule has 1 N–H and O–H groups in total. The van der Waals surface area contributed by atoms with Crippen LogP contribution in [0.2, 0.25) is 0 Å². The highest BCUT2D eigenvalue weighted by Gasteiger charge is 2.23. The van der Waals surface area contributed by atoms with Crippen LogP contribution in [0.4, 0.5) is 5.69 Å². The van der Waals surface area contributed by atoms with Gasteiger partial charge in [0.05, 0.1) is 5.69 Å². The van der Waals surface area contributed by atoms with E-state index in [2.05, 4.69) is 42.3 Å². The van der Waals surface area contributed by atoms with Crippen molar-refractivity contribution in [3.63, 3.8) is 0 Å². The average Bonchev–Trinajstić information content (AvgIpc) is 2.48. The molecular formula is C17H26N2O. The van der Waals surface area contributed by atoms with Crippen LogP contribution in [-0.2, 0) is 6.54 Å². The van der Waals surface area contributed by atoms with E-state index in [4.69, 9.17) is 4.74 Å². The molecule has 2 heterocycles. The van der Waals surface area contributed by atoms with E-state index in [1.807, 2.05) is 0 Å². The van der Waals surface area contributed by atoms with Gasteiger partial charge < -0.3 is 10.1 Å². The van der Waals surface area contributed by atoms with Crippen molar-refractivity contribution in [2.45, 2.75) is 33.2 Å². The Morgan fingerprint density at radius 2 is 2.10 bits per heavy atom. The summed E-state index contributed by atoms with van der Waals surface area (Å²) >= 11 is 0. The molecule has 0 radical (unpaired) electrons. The number of rotatable bonds is 3. The Hall–Kier alpha value is -1.22. The number of ether oxygens (including phenoxy) is 1. The van der Waals surface area contributed by atoms with E-state index in [0.717, 1.165) is 43.0 Å². The number of fused-ring (bicyclic) bond motifs is 1. The molecule has 2 aliphatic heterocycles. The van der Waals surface area contributed by atoms with Crippen molar-refractivity contribution in [1.82, 2.24) is 4.90 Å². The molecule has 0 atom stereocenters. The van der Waals surface area contributed by atoms with Crippen LogP contribution in [0.3, 0.4) is 0 Å². The van der Waals surface area contributed by atoms with Crippen LogP contribution in [0.25, 0.3) is 0 Å². The van der Waals surface area contributed by atoms with Crippen molar-refractivity contribution in [1.29, 1.82) is 0 Å². The fourth-order valence-corrected chi connectivity index (χ4v) is 3.38. The molecule has 0 spiro atoms. The monoisotopic (exact) mass is 274 g/mol. The molecular weight excluding hydrogens is 248 g/mol. The minimum atomic E-state index is 0.777. The lowest BCUT2D eigenvalue weighted by atomic mass is 9.86. The second kappa shape index (κ2) is 6.04. The maximum atomic E-state index is 5.87. The molecule has 0 aromatic heterocycles. The number of anilines is 1. The number of para-hydroxylation sites is 1. The van der Waals surface area contributed by atoms with E-state index < -0.39 is 0 Å². The van der Waals surface area contributed by atoms with Gasteiger partial charge in [-0.2, -0.15) is 0 Å². The van der Waals surface area contributed by atoms with Gasteiger partial charge in [-0.25, -0.2) is 0 Å². The first-order valence-corrected chi connectivity index (χ1v) is 7.95. The first-order chi connectivity index (χ1) is 9.74. The van der Waals surface area contributed by atoms with Gasteiger partial charge in [0.2, 0.25) is 0 Å². The molecule has 0 saturated carbocycles. The number of hydrogen-bond acceptors (Lipinski definition) is 3. The molecule has 0 unspecified atom stereocenters. The van der Waals surface area contributed by atoms with Crippen LogP contribution in [-0.4, -0.2) is 31.1 Å². The highest BCUT2D eigenvalue weighted by Crippen LogP contribution is 2.33. The molecule has 3 nitrogen and oxygen atoms in total. The van der Waals surface area contributed by atoms with E-state index in [0.29, 0.717) is 0 Å². The zero-order chi connectivity index (χ0) is 13.9. The lowest BCUT2D eigenvalue weighted by molar-refractivity contribution is 0.150. The molecule has 1 fully saturated rings. The molecule has 0 amide bonds. The highest BCUT2D eigenvalue weighted by atomic mass is 16.5. The van der Waals surface area contributed by atoms with E-state index in [1.54, 1.807) is 0 Å². The van der Waals surface area contributed by atoms with Gasteiger partial charge in [-0.1, -0.05) is 26.0 Å². The van der Waals surface area contributed by atoms with Crippen LogP contribution in [0.5, 0.6) is 5.75 Å². The largest absolute Gasteiger partial charge is 0.489 e. The van der Waals surface area contributed by atoms with E-state index in [1.165, 1.54) is 31.5 Å². The van der Waals surface area contributed by atoms with Crippen LogP contribution in [0, 0.1) is 11.8 Å². The van der Waals surface area contributed by atoms with Gasteiger partial charge >= 0.3 is 0 Å². The van der Waals surface area contributed by atoms with Gasteiger partial charge in [0, 0.05) is 18.7 Å². The fraction of sp³-hybridized carbons (Fsp3) is 0.647. The Labute approximate surface area is 122 Å². The second-order valence-corrected chi connectivity index (χ2v) is 6.43. The second-order valence-electron chi connectivity index (χ2n) is 6.43. The average molecular weight is 274 g/mol. The molecule has 1 aromatic carbocycles. The van der Waals surface area contributed by atoms with Gasteiger partial charge in [-0.3, -0.25) is 4.90 Å². The zero-order valence-corrected chi connectivity index (χ0v) is 12.7. The summed E-state index contributed by atoms with van der Waals surface area (Å²) in [6.45, 7) is 9.87. The van der Waals surface area contributed by atoms with Crippen LogP contribution >= 0.6 is 0 Å². The molecule has 1 aromatic rings. The van der Waals surface area contributed by atoms with Gasteiger partial charge in [0.25, 0.3) is 0 Å². The topological polar surface area (TPSA) is 24.5 Å². The quantitative estimate of drug-likeness (QED) is 0.914. The smallest absolute Gasteiger partial charge is 0.146 e. The lowest BCUT2D eigenvalue weighted by Gasteiger charge is -2.34. The van der Waals surface area contributed by atoms with Crippen molar-refractivity contribution >= 4 is 5.69 Å². The Balaban J connectivity index is 1.64. The SMILES string of the molecule is CC(C)C1CCN(Cc2cccc3c2OCCN3)CC1. The fourth-order valence-electron chi connectivity index (χ4n) is 3.38. The summed E-state index contributed by atoms with van der Waals surface area (Å²) in [6.07, 6.45) is 2.68. The third-order valence-electron chi connectivity index (χ3n) is 4.73. The molecule has 3 rings (SSSR count). The summed E-state index contributed by atoms with van der Waals surface area (Å²) in [5, 5.41) is 3.42. The Morgan fingerprint density at radius 3 is 2.85 bits per heavy atom. The number of benzene rings is 1. The highest BCUT2D eigenvalue weighted by molar-refractivity contribution is 5.61. The van der Waals surface area contributed by atoms with Gasteiger partial charge in [-0.05, 0) is 43.8 Å². The van der Waals surface area contributed by atoms with Crippen molar-refractivity contribution in [2.24, 2.45) is 11.8 Å². The maximum Gasteiger partial charge on any atom is 0.146 e. The van der Waals surface area contributed by atoms with Crippen molar-refractivity contribution in [3.05, 3.63) is 23.8 Å². The molecule has 0 aliphatic carbocycles. The summed E-state index contributed by atoms with van der Waals surface area (Å²) < 4.78 is 5.87. The Bertz CT molecular complexity index is 450. The molecule has 110 valence electrons. The molecule has 20 heavy (non-hydrogen) atoms. The molecule has 3 heteroatoms. The normalized spacial score (nSPS) is 20.4. The number of nitrogens with zero attached hydrogens (tertiary/aromatic N) is 1. The van der Waals surface area contributed by atoms with Crippen molar-refractivity contribution < 1.29 is 4.74 Å². The maximum absolute atomic E-state index is 5.87. The third kappa shape index (κ3) is 2.93. The predicted molar refractivity (Wildman–Crippen MR) is 83.3 cm³/mol. The van der Waals surface area contributed by atoms with Gasteiger partial charge in [-0.15, -0.1) is 0 Å². The third-order valence-corrected chi connectivity index (χ3v) is 4.73. The summed E-state index contributed by atoms with van der Waals surface area (Å²) in [5.41, 5.74) is 2.49. The molecule has 0 bridgehead atoms. The van der Waals surface area contributed by atoms with Gasteiger partial charge in [0.1, 0.15) is 12.4 Å². The zero-order valence-electron chi connectivity index (χ0n) is 12.7. The summed E-state index contributed by atoms with van der Waals surface area (Å²) in [7, 11) is 0. The summed E-state index contributed by atoms with van der Waals surface area (Å²) in [4.78, 5) is 2.58. The van der Waals surface area contributed by atoms with Crippen LogP contribution in [0.15, 0.2) is 18.2 Å². The predicted octanol–water partition coefficient (Wildman–Crippen LogP) is 3.36. The Morgan fingerprint density at radius 1 is 1.30 bits per heavy atom. The van der Waals surface area contributed by atoms with Crippen LogP contribution in [0.1, 0.15) is 32.3 Å². The first-order valence-electron chi connectivity index (χ1n) is 7.95. The van der Waals surface area contributed by atoms with Crippen molar-refractivity contribution in [2.75, 3.05) is 31.6 Å².